The van der Waals surface area contributed by atoms with Crippen LogP contribution < -0.4 is 5.73 Å². The third kappa shape index (κ3) is 2.01. The van der Waals surface area contributed by atoms with E-state index >= 15 is 0 Å². The molecule has 0 aliphatic heterocycles. The van der Waals surface area contributed by atoms with Crippen molar-refractivity contribution < 1.29 is 4.79 Å². The van der Waals surface area contributed by atoms with Gasteiger partial charge in [0.1, 0.15) is 0 Å². The summed E-state index contributed by atoms with van der Waals surface area (Å²) in [7, 11) is 0. The number of ketones is 1. The highest BCUT2D eigenvalue weighted by atomic mass is 16.1. The molecular weight excluding hydrogens is 236 g/mol. The Bertz CT molecular complexity index is 627. The van der Waals surface area contributed by atoms with Gasteiger partial charge in [0.15, 0.2) is 5.78 Å². The van der Waals surface area contributed by atoms with Crippen LogP contribution in [0.15, 0.2) is 42.7 Å². The number of nitrogen functional groups attached to an aromatic ring is 1. The molecule has 0 bridgehead atoms. The minimum absolute atomic E-state index is 0.175. The third-order valence-electron chi connectivity index (χ3n) is 3.79. The summed E-state index contributed by atoms with van der Waals surface area (Å²) in [6, 6.07) is 9.55. The molecule has 1 saturated carbocycles. The van der Waals surface area contributed by atoms with E-state index in [0.29, 0.717) is 5.56 Å². The molecule has 3 rings (SSSR count). The molecule has 2 aromatic rings. The van der Waals surface area contributed by atoms with Gasteiger partial charge in [-0.2, -0.15) is 0 Å². The number of carbonyl (C=O) groups is 1. The number of nitrogens with two attached hydrogens (primary N) is 1. The molecule has 0 atom stereocenters. The molecule has 1 aromatic heterocycles. The van der Waals surface area contributed by atoms with Crippen LogP contribution in [0.3, 0.4) is 0 Å². The molecule has 0 unspecified atom stereocenters. The Morgan fingerprint density at radius 3 is 2.47 bits per heavy atom. The van der Waals surface area contributed by atoms with Crippen LogP contribution in [0.5, 0.6) is 0 Å². The van der Waals surface area contributed by atoms with Gasteiger partial charge in [-0.1, -0.05) is 12.1 Å². The van der Waals surface area contributed by atoms with Gasteiger partial charge in [-0.05, 0) is 49.1 Å². The van der Waals surface area contributed by atoms with Crippen molar-refractivity contribution >= 4 is 11.5 Å². The fourth-order valence-electron chi connectivity index (χ4n) is 2.53. The van der Waals surface area contributed by atoms with Gasteiger partial charge in [0, 0.05) is 23.6 Å². The summed E-state index contributed by atoms with van der Waals surface area (Å²) in [5.74, 6) is 0.175. The third-order valence-corrected chi connectivity index (χ3v) is 3.79. The lowest BCUT2D eigenvalue weighted by Crippen LogP contribution is -2.21. The average Bonchev–Trinajstić information content (AvgIpc) is 3.20. The first-order chi connectivity index (χ1) is 9.12. The Labute approximate surface area is 112 Å². The molecule has 3 heteroatoms. The maximum absolute atomic E-state index is 12.7. The van der Waals surface area contributed by atoms with E-state index in [1.807, 2.05) is 37.3 Å². The maximum atomic E-state index is 12.7. The van der Waals surface area contributed by atoms with E-state index in [0.717, 1.165) is 29.7 Å². The summed E-state index contributed by atoms with van der Waals surface area (Å²) in [4.78, 5) is 16.8. The molecule has 3 nitrogen and oxygen atoms in total. The Morgan fingerprint density at radius 2 is 1.89 bits per heavy atom. The Balaban J connectivity index is 1.97. The van der Waals surface area contributed by atoms with Gasteiger partial charge >= 0.3 is 0 Å². The zero-order valence-corrected chi connectivity index (χ0v) is 10.9. The van der Waals surface area contributed by atoms with Crippen LogP contribution in [0.2, 0.25) is 0 Å². The number of benzene rings is 1. The molecule has 0 spiro atoms. The molecule has 0 amide bonds. The molecule has 1 fully saturated rings. The highest BCUT2D eigenvalue weighted by molar-refractivity contribution is 6.06. The van der Waals surface area contributed by atoms with Crippen molar-refractivity contribution in [3.8, 4) is 0 Å². The van der Waals surface area contributed by atoms with Crippen LogP contribution >= 0.6 is 0 Å². The second kappa shape index (κ2) is 4.19. The van der Waals surface area contributed by atoms with E-state index in [-0.39, 0.29) is 11.2 Å². The molecule has 19 heavy (non-hydrogen) atoms. The van der Waals surface area contributed by atoms with Gasteiger partial charge in [-0.15, -0.1) is 0 Å². The number of aromatic nitrogens is 1. The highest BCUT2D eigenvalue weighted by Crippen LogP contribution is 2.50. The predicted octanol–water partition coefficient (Wildman–Crippen LogP) is 2.89. The van der Waals surface area contributed by atoms with Gasteiger partial charge < -0.3 is 5.73 Å². The van der Waals surface area contributed by atoms with Crippen molar-refractivity contribution in [2.75, 3.05) is 5.73 Å². The Kier molecular flexibility index (Phi) is 2.63. The predicted molar refractivity (Wildman–Crippen MR) is 75.1 cm³/mol. The standard InChI is InChI=1S/C16H16N2O/c1-11-8-12(10-18-9-11)15(19)16(6-7-16)13-2-4-14(17)5-3-13/h2-5,8-10H,6-7,17H2,1H3. The van der Waals surface area contributed by atoms with Crippen LogP contribution in [0.1, 0.15) is 34.3 Å². The molecule has 1 aromatic carbocycles. The van der Waals surface area contributed by atoms with Crippen molar-refractivity contribution in [3.63, 3.8) is 0 Å². The molecule has 1 heterocycles. The van der Waals surface area contributed by atoms with Crippen molar-refractivity contribution in [2.24, 2.45) is 0 Å². The first kappa shape index (κ1) is 11.9. The lowest BCUT2D eigenvalue weighted by Gasteiger charge is -2.15. The number of pyridine rings is 1. The minimum Gasteiger partial charge on any atom is -0.399 e. The summed E-state index contributed by atoms with van der Waals surface area (Å²) in [5, 5.41) is 0. The van der Waals surface area contributed by atoms with Gasteiger partial charge in [0.2, 0.25) is 0 Å². The van der Waals surface area contributed by atoms with Crippen molar-refractivity contribution in [3.05, 3.63) is 59.4 Å². The number of hydrogen-bond acceptors (Lipinski definition) is 3. The minimum atomic E-state index is -0.344. The zero-order chi connectivity index (χ0) is 13.5. The van der Waals surface area contributed by atoms with Crippen molar-refractivity contribution in [1.29, 1.82) is 0 Å². The van der Waals surface area contributed by atoms with E-state index in [9.17, 15) is 4.79 Å². The van der Waals surface area contributed by atoms with Gasteiger partial charge in [-0.3, -0.25) is 9.78 Å². The summed E-state index contributed by atoms with van der Waals surface area (Å²) < 4.78 is 0. The average molecular weight is 252 g/mol. The van der Waals surface area contributed by atoms with E-state index in [1.54, 1.807) is 12.4 Å². The lowest BCUT2D eigenvalue weighted by molar-refractivity contribution is 0.0945. The van der Waals surface area contributed by atoms with Gasteiger partial charge in [0.25, 0.3) is 0 Å². The number of carbonyl (C=O) groups excluding carboxylic acids is 1. The Hall–Kier alpha value is -2.16. The molecule has 1 aliphatic rings. The second-order valence-corrected chi connectivity index (χ2v) is 5.28. The number of Topliss-reactive ketones (excluding diaryl/α,β-unsaturated/α-hetero) is 1. The topological polar surface area (TPSA) is 56.0 Å². The lowest BCUT2D eigenvalue weighted by atomic mass is 9.88. The van der Waals surface area contributed by atoms with Crippen LogP contribution in [-0.4, -0.2) is 10.8 Å². The number of anilines is 1. The van der Waals surface area contributed by atoms with Crippen LogP contribution in [0.4, 0.5) is 5.69 Å². The van der Waals surface area contributed by atoms with Crippen LogP contribution in [-0.2, 0) is 5.41 Å². The van der Waals surface area contributed by atoms with E-state index < -0.39 is 0 Å². The van der Waals surface area contributed by atoms with Gasteiger partial charge in [-0.25, -0.2) is 0 Å². The Morgan fingerprint density at radius 1 is 1.21 bits per heavy atom. The molecular formula is C16H16N2O. The summed E-state index contributed by atoms with van der Waals surface area (Å²) in [5.41, 5.74) is 8.86. The number of rotatable bonds is 3. The normalized spacial score (nSPS) is 16.1. The quantitative estimate of drug-likeness (QED) is 0.675. The SMILES string of the molecule is Cc1cncc(C(=O)C2(c3ccc(N)cc3)CC2)c1. The van der Waals surface area contributed by atoms with E-state index in [2.05, 4.69) is 4.98 Å². The zero-order valence-electron chi connectivity index (χ0n) is 10.9. The summed E-state index contributed by atoms with van der Waals surface area (Å²) in [6.07, 6.45) is 5.24. The number of aryl methyl sites for hydroxylation is 1. The molecule has 0 saturated heterocycles. The summed E-state index contributed by atoms with van der Waals surface area (Å²) in [6.45, 7) is 1.95. The van der Waals surface area contributed by atoms with Crippen LogP contribution in [0.25, 0.3) is 0 Å². The van der Waals surface area contributed by atoms with Crippen molar-refractivity contribution in [2.45, 2.75) is 25.2 Å². The van der Waals surface area contributed by atoms with Crippen LogP contribution in [0, 0.1) is 6.92 Å². The number of hydrogen-bond donors (Lipinski definition) is 1. The first-order valence-corrected chi connectivity index (χ1v) is 6.44. The smallest absolute Gasteiger partial charge is 0.174 e. The van der Waals surface area contributed by atoms with Gasteiger partial charge in [0.05, 0.1) is 5.41 Å². The van der Waals surface area contributed by atoms with E-state index in [1.165, 1.54) is 0 Å². The molecule has 0 radical (unpaired) electrons. The van der Waals surface area contributed by atoms with E-state index in [4.69, 9.17) is 5.73 Å². The van der Waals surface area contributed by atoms with Crippen molar-refractivity contribution in [1.82, 2.24) is 4.98 Å². The fraction of sp³-hybridized carbons (Fsp3) is 0.250. The molecule has 96 valence electrons. The summed E-state index contributed by atoms with van der Waals surface area (Å²) >= 11 is 0. The highest BCUT2D eigenvalue weighted by Gasteiger charge is 2.51. The molecule has 2 N–H and O–H groups in total. The molecule has 1 aliphatic carbocycles. The monoisotopic (exact) mass is 252 g/mol. The second-order valence-electron chi connectivity index (χ2n) is 5.28. The largest absolute Gasteiger partial charge is 0.399 e. The first-order valence-electron chi connectivity index (χ1n) is 6.44. The maximum Gasteiger partial charge on any atom is 0.174 e. The number of nitrogens with zero attached hydrogens (tertiary/aromatic N) is 1. The fourth-order valence-corrected chi connectivity index (χ4v) is 2.53.